The van der Waals surface area contributed by atoms with E-state index in [2.05, 4.69) is 0 Å². The Hall–Kier alpha value is -0.900. The van der Waals surface area contributed by atoms with E-state index in [0.29, 0.717) is 6.42 Å². The van der Waals surface area contributed by atoms with Gasteiger partial charge in [0.2, 0.25) is 11.8 Å². The van der Waals surface area contributed by atoms with Crippen LogP contribution < -0.4 is 0 Å². The lowest BCUT2D eigenvalue weighted by molar-refractivity contribution is -0.155. The van der Waals surface area contributed by atoms with Crippen molar-refractivity contribution in [3.05, 3.63) is 0 Å². The molecule has 0 aromatic rings. The monoisotopic (exact) mass is 199 g/mol. The Balaban J connectivity index is 2.78. The van der Waals surface area contributed by atoms with E-state index in [1.165, 1.54) is 4.90 Å². The molecule has 2 atom stereocenters. The minimum absolute atomic E-state index is 0.0470. The van der Waals surface area contributed by atoms with Crippen LogP contribution in [0.3, 0.4) is 0 Å². The fourth-order valence-corrected chi connectivity index (χ4v) is 1.89. The molecule has 0 saturated carbocycles. The number of carbonyl (C=O) groups excluding carboxylic acids is 2. The molecule has 0 bridgehead atoms. The molecular weight excluding hydrogens is 182 g/mol. The number of aliphatic hydroxyl groups excluding tert-OH is 1. The van der Waals surface area contributed by atoms with Crippen LogP contribution in [0, 0.1) is 11.8 Å². The van der Waals surface area contributed by atoms with Gasteiger partial charge in [-0.05, 0) is 12.8 Å². The molecular formula is C10H17NO3. The molecule has 0 aromatic heterocycles. The average molecular weight is 199 g/mol. The van der Waals surface area contributed by atoms with Gasteiger partial charge in [0.25, 0.3) is 0 Å². The number of hydrogen-bond acceptors (Lipinski definition) is 3. The maximum Gasteiger partial charge on any atom is 0.232 e. The van der Waals surface area contributed by atoms with Crippen molar-refractivity contribution in [3.8, 4) is 0 Å². The van der Waals surface area contributed by atoms with Crippen molar-refractivity contribution in [1.82, 2.24) is 4.90 Å². The van der Waals surface area contributed by atoms with Crippen LogP contribution in [0.2, 0.25) is 0 Å². The van der Waals surface area contributed by atoms with E-state index in [1.807, 2.05) is 13.8 Å². The van der Waals surface area contributed by atoms with E-state index in [0.717, 1.165) is 6.42 Å². The maximum atomic E-state index is 11.7. The third-order valence-electron chi connectivity index (χ3n) is 2.76. The Kier molecular flexibility index (Phi) is 3.63. The standard InChI is InChI=1S/C10H17NO3/c1-3-8-6-7(2)9(13)11(4-5-12)10(8)14/h7-8,12H,3-6H2,1-2H3. The Bertz CT molecular complexity index is 240. The van der Waals surface area contributed by atoms with Crippen molar-refractivity contribution in [2.75, 3.05) is 13.2 Å². The van der Waals surface area contributed by atoms with Gasteiger partial charge >= 0.3 is 0 Å². The molecule has 2 amide bonds. The second-order valence-corrected chi connectivity index (χ2v) is 3.79. The normalized spacial score (nSPS) is 28.4. The van der Waals surface area contributed by atoms with Crippen LogP contribution in [0.15, 0.2) is 0 Å². The third kappa shape index (κ3) is 1.95. The molecule has 14 heavy (non-hydrogen) atoms. The lowest BCUT2D eigenvalue weighted by Gasteiger charge is -2.33. The first-order valence-corrected chi connectivity index (χ1v) is 5.07. The topological polar surface area (TPSA) is 57.6 Å². The highest BCUT2D eigenvalue weighted by Crippen LogP contribution is 2.25. The lowest BCUT2D eigenvalue weighted by atomic mass is 9.87. The number of nitrogens with zero attached hydrogens (tertiary/aromatic N) is 1. The number of carbonyl (C=O) groups is 2. The molecule has 1 N–H and O–H groups in total. The molecule has 1 rings (SSSR count). The van der Waals surface area contributed by atoms with Gasteiger partial charge in [0.05, 0.1) is 13.2 Å². The summed E-state index contributed by atoms with van der Waals surface area (Å²) in [5.74, 6) is -0.406. The van der Waals surface area contributed by atoms with Gasteiger partial charge in [-0.3, -0.25) is 14.5 Å². The van der Waals surface area contributed by atoms with Crippen molar-refractivity contribution in [2.24, 2.45) is 11.8 Å². The average Bonchev–Trinajstić information content (AvgIpc) is 2.18. The van der Waals surface area contributed by atoms with Gasteiger partial charge in [0, 0.05) is 11.8 Å². The van der Waals surface area contributed by atoms with E-state index in [1.54, 1.807) is 0 Å². The highest BCUT2D eigenvalue weighted by Gasteiger charge is 2.37. The molecule has 1 aliphatic heterocycles. The summed E-state index contributed by atoms with van der Waals surface area (Å²) >= 11 is 0. The molecule has 0 radical (unpaired) electrons. The minimum atomic E-state index is -0.152. The number of imide groups is 1. The molecule has 1 saturated heterocycles. The molecule has 80 valence electrons. The van der Waals surface area contributed by atoms with Crippen molar-refractivity contribution >= 4 is 11.8 Å². The van der Waals surface area contributed by atoms with Gasteiger partial charge in [-0.1, -0.05) is 13.8 Å². The number of aliphatic hydroxyl groups is 1. The van der Waals surface area contributed by atoms with Crippen molar-refractivity contribution in [1.29, 1.82) is 0 Å². The van der Waals surface area contributed by atoms with E-state index in [9.17, 15) is 9.59 Å². The molecule has 1 aliphatic rings. The smallest absolute Gasteiger partial charge is 0.232 e. The SMILES string of the molecule is CCC1CC(C)C(=O)N(CCO)C1=O. The zero-order valence-corrected chi connectivity index (χ0v) is 8.69. The van der Waals surface area contributed by atoms with Gasteiger partial charge in [0.15, 0.2) is 0 Å². The van der Waals surface area contributed by atoms with Crippen LogP contribution in [0.4, 0.5) is 0 Å². The Morgan fingerprint density at radius 3 is 2.57 bits per heavy atom. The van der Waals surface area contributed by atoms with Gasteiger partial charge in [-0.2, -0.15) is 0 Å². The number of amides is 2. The first kappa shape index (κ1) is 11.2. The molecule has 4 heteroatoms. The van der Waals surface area contributed by atoms with E-state index in [4.69, 9.17) is 5.11 Å². The zero-order valence-electron chi connectivity index (χ0n) is 8.69. The summed E-state index contributed by atoms with van der Waals surface area (Å²) in [5.41, 5.74) is 0. The van der Waals surface area contributed by atoms with Crippen LogP contribution in [-0.4, -0.2) is 35.0 Å². The predicted molar refractivity (Wildman–Crippen MR) is 51.4 cm³/mol. The van der Waals surface area contributed by atoms with Gasteiger partial charge in [0.1, 0.15) is 0 Å². The molecule has 4 nitrogen and oxygen atoms in total. The van der Waals surface area contributed by atoms with Crippen LogP contribution in [-0.2, 0) is 9.59 Å². The van der Waals surface area contributed by atoms with Crippen LogP contribution in [0.5, 0.6) is 0 Å². The predicted octanol–water partition coefficient (Wildman–Crippen LogP) is 0.400. The largest absolute Gasteiger partial charge is 0.395 e. The summed E-state index contributed by atoms with van der Waals surface area (Å²) < 4.78 is 0. The highest BCUT2D eigenvalue weighted by molar-refractivity contribution is 5.99. The number of rotatable bonds is 3. The first-order valence-electron chi connectivity index (χ1n) is 5.07. The zero-order chi connectivity index (χ0) is 10.7. The Morgan fingerprint density at radius 2 is 2.07 bits per heavy atom. The number of piperidine rings is 1. The highest BCUT2D eigenvalue weighted by atomic mass is 16.3. The second-order valence-electron chi connectivity index (χ2n) is 3.79. The number of hydrogen-bond donors (Lipinski definition) is 1. The summed E-state index contributed by atoms with van der Waals surface area (Å²) in [5, 5.41) is 8.75. The quantitative estimate of drug-likeness (QED) is 0.669. The van der Waals surface area contributed by atoms with Gasteiger partial charge in [-0.15, -0.1) is 0 Å². The minimum Gasteiger partial charge on any atom is -0.395 e. The van der Waals surface area contributed by atoms with E-state index < -0.39 is 0 Å². The molecule has 1 fully saturated rings. The number of β-amino-alcohol motifs (C(OH)–C–C–N with tert-alkyl or cyclic N) is 1. The second kappa shape index (κ2) is 4.55. The van der Waals surface area contributed by atoms with Crippen molar-refractivity contribution in [2.45, 2.75) is 26.7 Å². The van der Waals surface area contributed by atoms with E-state index >= 15 is 0 Å². The molecule has 0 aliphatic carbocycles. The molecule has 0 spiro atoms. The van der Waals surface area contributed by atoms with Crippen molar-refractivity contribution in [3.63, 3.8) is 0 Å². The lowest BCUT2D eigenvalue weighted by Crippen LogP contribution is -2.49. The van der Waals surface area contributed by atoms with Gasteiger partial charge in [-0.25, -0.2) is 0 Å². The first-order chi connectivity index (χ1) is 6.61. The summed E-state index contributed by atoms with van der Waals surface area (Å²) in [6.07, 6.45) is 1.41. The summed E-state index contributed by atoms with van der Waals surface area (Å²) in [7, 11) is 0. The third-order valence-corrected chi connectivity index (χ3v) is 2.76. The summed E-state index contributed by atoms with van der Waals surface area (Å²) in [4.78, 5) is 24.5. The Labute approximate surface area is 83.9 Å². The van der Waals surface area contributed by atoms with Crippen molar-refractivity contribution < 1.29 is 14.7 Å². The van der Waals surface area contributed by atoms with Crippen LogP contribution in [0.1, 0.15) is 26.7 Å². The van der Waals surface area contributed by atoms with Gasteiger partial charge < -0.3 is 5.11 Å². The fraction of sp³-hybridized carbons (Fsp3) is 0.800. The molecule has 1 heterocycles. The van der Waals surface area contributed by atoms with Crippen LogP contribution in [0.25, 0.3) is 0 Å². The maximum absolute atomic E-state index is 11.7. The molecule has 0 aromatic carbocycles. The molecule has 2 unspecified atom stereocenters. The van der Waals surface area contributed by atoms with E-state index in [-0.39, 0.29) is 36.8 Å². The number of likely N-dealkylation sites (tertiary alicyclic amines) is 1. The fourth-order valence-electron chi connectivity index (χ4n) is 1.89. The van der Waals surface area contributed by atoms with Crippen LogP contribution >= 0.6 is 0 Å². The summed E-state index contributed by atoms with van der Waals surface area (Å²) in [6.45, 7) is 3.77. The summed E-state index contributed by atoms with van der Waals surface area (Å²) in [6, 6.07) is 0. The Morgan fingerprint density at radius 1 is 1.43 bits per heavy atom.